The first-order valence-corrected chi connectivity index (χ1v) is 5.58. The maximum absolute atomic E-state index is 11.5. The van der Waals surface area contributed by atoms with Crippen LogP contribution in [0.4, 0.5) is 11.4 Å². The van der Waals surface area contributed by atoms with Gasteiger partial charge in [0.1, 0.15) is 6.04 Å². The van der Waals surface area contributed by atoms with Crippen LogP contribution in [-0.4, -0.2) is 24.5 Å². The van der Waals surface area contributed by atoms with Crippen LogP contribution in [-0.2, 0) is 9.53 Å². The number of benzene rings is 1. The Morgan fingerprint density at radius 2 is 2.11 bits per heavy atom. The maximum atomic E-state index is 11.5. The summed E-state index contributed by atoms with van der Waals surface area (Å²) in [6.07, 6.45) is 0. The van der Waals surface area contributed by atoms with Gasteiger partial charge in [-0.2, -0.15) is 0 Å². The Hall–Kier alpha value is -2.24. The third kappa shape index (κ3) is 3.38. The third-order valence-corrected chi connectivity index (χ3v) is 2.32. The van der Waals surface area contributed by atoms with E-state index in [0.717, 1.165) is 0 Å². The molecule has 0 heterocycles. The second-order valence-electron chi connectivity index (χ2n) is 3.79. The molecular formula is C12H17N3O3. The van der Waals surface area contributed by atoms with E-state index in [1.54, 1.807) is 26.0 Å². The van der Waals surface area contributed by atoms with Crippen molar-refractivity contribution in [2.75, 3.05) is 17.7 Å². The molecule has 1 aromatic carbocycles. The van der Waals surface area contributed by atoms with Gasteiger partial charge in [-0.05, 0) is 32.0 Å². The molecule has 98 valence electrons. The second-order valence-corrected chi connectivity index (χ2v) is 3.79. The average molecular weight is 251 g/mol. The molecule has 0 spiro atoms. The van der Waals surface area contributed by atoms with Gasteiger partial charge in [-0.1, -0.05) is 0 Å². The van der Waals surface area contributed by atoms with Crippen molar-refractivity contribution in [3.63, 3.8) is 0 Å². The zero-order chi connectivity index (χ0) is 13.7. The number of carbonyl (C=O) groups excluding carboxylic acids is 2. The van der Waals surface area contributed by atoms with Gasteiger partial charge in [-0.25, -0.2) is 4.79 Å². The van der Waals surface area contributed by atoms with E-state index < -0.39 is 17.9 Å². The molecule has 0 saturated carbocycles. The van der Waals surface area contributed by atoms with Gasteiger partial charge in [0.25, 0.3) is 5.91 Å². The molecule has 0 aliphatic carbocycles. The summed E-state index contributed by atoms with van der Waals surface area (Å²) < 4.78 is 4.86. The molecule has 1 rings (SSSR count). The van der Waals surface area contributed by atoms with E-state index >= 15 is 0 Å². The minimum absolute atomic E-state index is 0.278. The Balaban J connectivity index is 2.92. The van der Waals surface area contributed by atoms with E-state index in [1.165, 1.54) is 6.07 Å². The fourth-order valence-corrected chi connectivity index (χ4v) is 1.46. The van der Waals surface area contributed by atoms with Crippen LogP contribution >= 0.6 is 0 Å². The van der Waals surface area contributed by atoms with Crippen molar-refractivity contribution in [1.82, 2.24) is 0 Å². The van der Waals surface area contributed by atoms with Gasteiger partial charge in [0.05, 0.1) is 12.2 Å². The van der Waals surface area contributed by atoms with Crippen molar-refractivity contribution in [3.05, 3.63) is 23.8 Å². The normalized spacial score (nSPS) is 11.7. The number of nitrogens with one attached hydrogen (secondary N) is 1. The summed E-state index contributed by atoms with van der Waals surface area (Å²) >= 11 is 0. The molecule has 0 fully saturated rings. The molecule has 1 atom stereocenters. The first-order valence-electron chi connectivity index (χ1n) is 5.58. The molecule has 6 heteroatoms. The van der Waals surface area contributed by atoms with Crippen LogP contribution < -0.4 is 16.8 Å². The predicted octanol–water partition coefficient (Wildman–Crippen LogP) is 0.731. The summed E-state index contributed by atoms with van der Waals surface area (Å²) in [5, 5.41) is 2.86. The van der Waals surface area contributed by atoms with Crippen LogP contribution in [0.2, 0.25) is 0 Å². The molecule has 0 aliphatic heterocycles. The zero-order valence-corrected chi connectivity index (χ0v) is 10.4. The lowest BCUT2D eigenvalue weighted by molar-refractivity contribution is -0.143. The summed E-state index contributed by atoms with van der Waals surface area (Å²) in [7, 11) is 0. The van der Waals surface area contributed by atoms with Crippen LogP contribution in [0, 0.1) is 0 Å². The van der Waals surface area contributed by atoms with Gasteiger partial charge in [0, 0.05) is 11.4 Å². The number of hydrogen-bond acceptors (Lipinski definition) is 5. The van der Waals surface area contributed by atoms with E-state index in [9.17, 15) is 9.59 Å². The van der Waals surface area contributed by atoms with Gasteiger partial charge in [0.2, 0.25) is 0 Å². The number of hydrogen-bond donors (Lipinski definition) is 3. The van der Waals surface area contributed by atoms with E-state index in [0.29, 0.717) is 18.0 Å². The minimum atomic E-state index is -0.593. The van der Waals surface area contributed by atoms with Gasteiger partial charge in [0.15, 0.2) is 0 Å². The summed E-state index contributed by atoms with van der Waals surface area (Å²) in [6, 6.07) is 4.04. The van der Waals surface area contributed by atoms with Crippen molar-refractivity contribution in [2.24, 2.45) is 5.73 Å². The van der Waals surface area contributed by atoms with Crippen molar-refractivity contribution in [1.29, 1.82) is 0 Å². The summed E-state index contributed by atoms with van der Waals surface area (Å²) in [5.74, 6) is -0.996. The van der Waals surface area contributed by atoms with E-state index in [-0.39, 0.29) is 5.56 Å². The zero-order valence-electron chi connectivity index (χ0n) is 10.4. The van der Waals surface area contributed by atoms with Crippen molar-refractivity contribution in [3.8, 4) is 0 Å². The largest absolute Gasteiger partial charge is 0.464 e. The Morgan fingerprint density at radius 3 is 2.67 bits per heavy atom. The van der Waals surface area contributed by atoms with Gasteiger partial charge >= 0.3 is 5.97 Å². The molecule has 1 aromatic rings. The molecule has 0 saturated heterocycles. The number of primary amides is 1. The fraction of sp³-hybridized carbons (Fsp3) is 0.333. The maximum Gasteiger partial charge on any atom is 0.328 e. The number of nitrogens with two attached hydrogens (primary N) is 2. The van der Waals surface area contributed by atoms with E-state index in [4.69, 9.17) is 16.2 Å². The number of amides is 1. The van der Waals surface area contributed by atoms with Gasteiger partial charge < -0.3 is 21.5 Å². The highest BCUT2D eigenvalue weighted by Gasteiger charge is 2.16. The SMILES string of the molecule is CCOC(=O)C(C)Nc1cc(N)ccc1C(N)=O. The van der Waals surface area contributed by atoms with Crippen molar-refractivity contribution in [2.45, 2.75) is 19.9 Å². The Labute approximate surface area is 105 Å². The number of anilines is 2. The predicted molar refractivity (Wildman–Crippen MR) is 69.1 cm³/mol. The Morgan fingerprint density at radius 1 is 1.44 bits per heavy atom. The molecule has 1 unspecified atom stereocenters. The smallest absolute Gasteiger partial charge is 0.328 e. The molecule has 18 heavy (non-hydrogen) atoms. The van der Waals surface area contributed by atoms with Crippen LogP contribution in [0.1, 0.15) is 24.2 Å². The molecule has 6 nitrogen and oxygen atoms in total. The van der Waals surface area contributed by atoms with E-state index in [2.05, 4.69) is 5.32 Å². The van der Waals surface area contributed by atoms with Crippen LogP contribution in [0.15, 0.2) is 18.2 Å². The van der Waals surface area contributed by atoms with Crippen LogP contribution in [0.25, 0.3) is 0 Å². The molecular weight excluding hydrogens is 234 g/mol. The van der Waals surface area contributed by atoms with Crippen molar-refractivity contribution < 1.29 is 14.3 Å². The third-order valence-electron chi connectivity index (χ3n) is 2.32. The number of rotatable bonds is 5. The van der Waals surface area contributed by atoms with Gasteiger partial charge in [-0.3, -0.25) is 4.79 Å². The lowest BCUT2D eigenvalue weighted by Crippen LogP contribution is -2.29. The lowest BCUT2D eigenvalue weighted by atomic mass is 10.1. The van der Waals surface area contributed by atoms with E-state index in [1.807, 2.05) is 0 Å². The van der Waals surface area contributed by atoms with Crippen molar-refractivity contribution >= 4 is 23.3 Å². The average Bonchev–Trinajstić information content (AvgIpc) is 2.28. The monoisotopic (exact) mass is 251 g/mol. The summed E-state index contributed by atoms with van der Waals surface area (Å²) in [6.45, 7) is 3.65. The molecule has 0 bridgehead atoms. The molecule has 0 aliphatic rings. The molecule has 5 N–H and O–H groups in total. The summed E-state index contributed by atoms with van der Waals surface area (Å²) in [4.78, 5) is 22.7. The standard InChI is InChI=1S/C12H17N3O3/c1-3-18-12(17)7(2)15-10-6-8(13)4-5-9(10)11(14)16/h4-7,15H,3,13H2,1-2H3,(H2,14,16). The number of ether oxygens (including phenoxy) is 1. The first kappa shape index (κ1) is 13.8. The number of nitrogen functional groups attached to an aromatic ring is 1. The topological polar surface area (TPSA) is 107 Å². The highest BCUT2D eigenvalue weighted by atomic mass is 16.5. The van der Waals surface area contributed by atoms with Crippen LogP contribution in [0.3, 0.4) is 0 Å². The number of carbonyl (C=O) groups is 2. The lowest BCUT2D eigenvalue weighted by Gasteiger charge is -2.16. The quantitative estimate of drug-likeness (QED) is 0.528. The fourth-order valence-electron chi connectivity index (χ4n) is 1.46. The Kier molecular flexibility index (Phi) is 4.53. The summed E-state index contributed by atoms with van der Waals surface area (Å²) in [5.41, 5.74) is 12.0. The highest BCUT2D eigenvalue weighted by Crippen LogP contribution is 2.19. The molecule has 0 aromatic heterocycles. The highest BCUT2D eigenvalue weighted by molar-refractivity contribution is 5.99. The minimum Gasteiger partial charge on any atom is -0.464 e. The second kappa shape index (κ2) is 5.90. The molecule has 0 radical (unpaired) electrons. The van der Waals surface area contributed by atoms with Gasteiger partial charge in [-0.15, -0.1) is 0 Å². The first-order chi connectivity index (χ1) is 8.45. The van der Waals surface area contributed by atoms with Crippen LogP contribution in [0.5, 0.6) is 0 Å². The Bertz CT molecular complexity index is 460. The number of esters is 1. The molecule has 1 amide bonds.